The van der Waals surface area contributed by atoms with Crippen LogP contribution >= 0.6 is 11.3 Å². The van der Waals surface area contributed by atoms with Crippen LogP contribution < -0.4 is 5.32 Å². The molecule has 0 saturated carbocycles. The summed E-state index contributed by atoms with van der Waals surface area (Å²) in [6.45, 7) is 3.94. The molecule has 0 saturated heterocycles. The normalized spacial score (nSPS) is 10.8. The van der Waals surface area contributed by atoms with E-state index in [1.54, 1.807) is 11.3 Å². The topological polar surface area (TPSA) is 42.0 Å². The van der Waals surface area contributed by atoms with E-state index in [-0.39, 0.29) is 5.91 Å². The van der Waals surface area contributed by atoms with Crippen LogP contribution in [0.15, 0.2) is 66.7 Å². The van der Waals surface area contributed by atoms with Gasteiger partial charge in [-0.05, 0) is 49.7 Å². The van der Waals surface area contributed by atoms with E-state index in [1.807, 2.05) is 74.5 Å². The maximum absolute atomic E-state index is 12.8. The molecule has 3 aromatic carbocycles. The molecule has 1 aromatic heterocycles. The van der Waals surface area contributed by atoms with Crippen molar-refractivity contribution in [2.24, 2.45) is 0 Å². The lowest BCUT2D eigenvalue weighted by molar-refractivity contribution is 0.102. The number of anilines is 1. The summed E-state index contributed by atoms with van der Waals surface area (Å²) in [6.07, 6.45) is 0. The number of aromatic nitrogens is 1. The molecule has 0 radical (unpaired) electrons. The number of nitrogens with one attached hydrogen (secondary N) is 1. The van der Waals surface area contributed by atoms with E-state index in [2.05, 4.69) is 11.4 Å². The molecule has 0 aliphatic carbocycles. The summed E-state index contributed by atoms with van der Waals surface area (Å²) in [5.41, 5.74) is 5.42. The third-order valence-electron chi connectivity index (χ3n) is 4.34. The van der Waals surface area contributed by atoms with Gasteiger partial charge >= 0.3 is 0 Å². The third kappa shape index (κ3) is 3.11. The number of carbonyl (C=O) groups is 1. The molecule has 0 spiro atoms. The molecule has 1 amide bonds. The van der Waals surface area contributed by atoms with Crippen LogP contribution in [-0.4, -0.2) is 10.9 Å². The fourth-order valence-electron chi connectivity index (χ4n) is 2.94. The van der Waals surface area contributed by atoms with E-state index in [1.165, 1.54) is 0 Å². The van der Waals surface area contributed by atoms with Crippen molar-refractivity contribution in [1.29, 1.82) is 0 Å². The van der Waals surface area contributed by atoms with Gasteiger partial charge in [-0.2, -0.15) is 0 Å². The number of nitrogens with zero attached hydrogens (tertiary/aromatic N) is 1. The number of carbonyl (C=O) groups excluding carboxylic acids is 1. The van der Waals surface area contributed by atoms with E-state index in [0.717, 1.165) is 37.6 Å². The van der Waals surface area contributed by atoms with Crippen molar-refractivity contribution in [3.05, 3.63) is 83.4 Å². The lowest BCUT2D eigenvalue weighted by Gasteiger charge is -2.11. The Morgan fingerprint density at radius 1 is 0.962 bits per heavy atom. The van der Waals surface area contributed by atoms with Gasteiger partial charge in [0.15, 0.2) is 0 Å². The Bertz CT molecular complexity index is 1080. The van der Waals surface area contributed by atoms with E-state index in [0.29, 0.717) is 5.56 Å². The average molecular weight is 358 g/mol. The molecular formula is C22H18N2OS. The summed E-state index contributed by atoms with van der Waals surface area (Å²) in [5.74, 6) is -0.0974. The first-order valence-electron chi connectivity index (χ1n) is 8.45. The van der Waals surface area contributed by atoms with Crippen molar-refractivity contribution in [2.75, 3.05) is 5.32 Å². The monoisotopic (exact) mass is 358 g/mol. The second-order valence-corrected chi connectivity index (χ2v) is 7.34. The van der Waals surface area contributed by atoms with Crippen LogP contribution in [0, 0.1) is 13.8 Å². The van der Waals surface area contributed by atoms with Gasteiger partial charge in [0.25, 0.3) is 5.91 Å². The van der Waals surface area contributed by atoms with E-state index in [4.69, 9.17) is 4.98 Å². The minimum atomic E-state index is -0.0974. The zero-order valence-corrected chi connectivity index (χ0v) is 15.4. The molecule has 0 aliphatic rings. The van der Waals surface area contributed by atoms with Crippen LogP contribution in [-0.2, 0) is 0 Å². The van der Waals surface area contributed by atoms with Crippen molar-refractivity contribution in [3.63, 3.8) is 0 Å². The molecule has 0 bridgehead atoms. The Morgan fingerprint density at radius 3 is 2.58 bits per heavy atom. The summed E-state index contributed by atoms with van der Waals surface area (Å²) in [6, 6.07) is 21.8. The summed E-state index contributed by atoms with van der Waals surface area (Å²) in [7, 11) is 0. The largest absolute Gasteiger partial charge is 0.321 e. The molecule has 3 nitrogen and oxygen atoms in total. The smallest absolute Gasteiger partial charge is 0.255 e. The van der Waals surface area contributed by atoms with Gasteiger partial charge in [0.1, 0.15) is 5.01 Å². The summed E-state index contributed by atoms with van der Waals surface area (Å²) in [4.78, 5) is 17.5. The van der Waals surface area contributed by atoms with Gasteiger partial charge in [-0.1, -0.05) is 42.0 Å². The number of aryl methyl sites for hydroxylation is 2. The molecule has 0 aliphatic heterocycles. The predicted octanol–water partition coefficient (Wildman–Crippen LogP) is 5.83. The Labute approximate surface area is 156 Å². The number of hydrogen-bond acceptors (Lipinski definition) is 3. The van der Waals surface area contributed by atoms with Crippen molar-refractivity contribution >= 4 is 33.1 Å². The van der Waals surface area contributed by atoms with E-state index in [9.17, 15) is 4.79 Å². The standard InChI is InChI=1S/C22H18N2OS/c1-14-11-12-15(2)17(13-14)21(25)23-18-8-4-3-7-16(18)22-24-19-9-5-6-10-20(19)26-22/h3-13H,1-2H3,(H,23,25). The van der Waals surface area contributed by atoms with Crippen LogP contribution in [0.3, 0.4) is 0 Å². The molecule has 0 fully saturated rings. The van der Waals surface area contributed by atoms with Gasteiger partial charge in [-0.15, -0.1) is 11.3 Å². The fourth-order valence-corrected chi connectivity index (χ4v) is 3.94. The zero-order valence-electron chi connectivity index (χ0n) is 14.6. The highest BCUT2D eigenvalue weighted by Gasteiger charge is 2.14. The minimum Gasteiger partial charge on any atom is -0.321 e. The number of hydrogen-bond donors (Lipinski definition) is 1. The Hall–Kier alpha value is -2.98. The SMILES string of the molecule is Cc1ccc(C)c(C(=O)Nc2ccccc2-c2nc3ccccc3s2)c1. The van der Waals surface area contributed by atoms with Crippen LogP contribution in [0.4, 0.5) is 5.69 Å². The first-order valence-corrected chi connectivity index (χ1v) is 9.27. The molecular weight excluding hydrogens is 340 g/mol. The number of para-hydroxylation sites is 2. The molecule has 4 aromatic rings. The first-order chi connectivity index (χ1) is 12.6. The highest BCUT2D eigenvalue weighted by molar-refractivity contribution is 7.21. The molecule has 4 rings (SSSR count). The molecule has 1 heterocycles. The molecule has 4 heteroatoms. The second-order valence-electron chi connectivity index (χ2n) is 6.30. The van der Waals surface area contributed by atoms with Crippen molar-refractivity contribution in [1.82, 2.24) is 4.98 Å². The lowest BCUT2D eigenvalue weighted by atomic mass is 10.0. The molecule has 128 valence electrons. The van der Waals surface area contributed by atoms with Gasteiger partial charge in [-0.25, -0.2) is 4.98 Å². The van der Waals surface area contributed by atoms with Crippen LogP contribution in [0.2, 0.25) is 0 Å². The average Bonchev–Trinajstić information content (AvgIpc) is 3.08. The summed E-state index contributed by atoms with van der Waals surface area (Å²) in [5, 5.41) is 3.97. The van der Waals surface area contributed by atoms with Gasteiger partial charge < -0.3 is 5.32 Å². The number of fused-ring (bicyclic) bond motifs is 1. The number of rotatable bonds is 3. The summed E-state index contributed by atoms with van der Waals surface area (Å²) >= 11 is 1.63. The quantitative estimate of drug-likeness (QED) is 0.500. The Balaban J connectivity index is 1.72. The lowest BCUT2D eigenvalue weighted by Crippen LogP contribution is -2.14. The molecule has 26 heavy (non-hydrogen) atoms. The third-order valence-corrected chi connectivity index (χ3v) is 5.41. The summed E-state index contributed by atoms with van der Waals surface area (Å²) < 4.78 is 1.14. The molecule has 0 unspecified atom stereocenters. The van der Waals surface area contributed by atoms with Crippen molar-refractivity contribution < 1.29 is 4.79 Å². The fraction of sp³-hybridized carbons (Fsp3) is 0.0909. The molecule has 1 N–H and O–H groups in total. The van der Waals surface area contributed by atoms with Crippen LogP contribution in [0.1, 0.15) is 21.5 Å². The van der Waals surface area contributed by atoms with E-state index >= 15 is 0 Å². The maximum atomic E-state index is 12.8. The zero-order chi connectivity index (χ0) is 18.1. The predicted molar refractivity (Wildman–Crippen MR) is 109 cm³/mol. The Kier molecular flexibility index (Phi) is 4.27. The number of amides is 1. The Morgan fingerprint density at radius 2 is 1.73 bits per heavy atom. The van der Waals surface area contributed by atoms with Gasteiger partial charge in [0.2, 0.25) is 0 Å². The van der Waals surface area contributed by atoms with Gasteiger partial charge in [-0.3, -0.25) is 4.79 Å². The number of thiazole rings is 1. The minimum absolute atomic E-state index is 0.0974. The highest BCUT2D eigenvalue weighted by atomic mass is 32.1. The van der Waals surface area contributed by atoms with Crippen LogP contribution in [0.5, 0.6) is 0 Å². The van der Waals surface area contributed by atoms with Gasteiger partial charge in [0.05, 0.1) is 15.9 Å². The molecule has 0 atom stereocenters. The number of benzene rings is 3. The van der Waals surface area contributed by atoms with E-state index < -0.39 is 0 Å². The first kappa shape index (κ1) is 16.5. The van der Waals surface area contributed by atoms with Crippen molar-refractivity contribution in [3.8, 4) is 10.6 Å². The maximum Gasteiger partial charge on any atom is 0.255 e. The highest BCUT2D eigenvalue weighted by Crippen LogP contribution is 2.34. The van der Waals surface area contributed by atoms with Crippen molar-refractivity contribution in [2.45, 2.75) is 13.8 Å². The van der Waals surface area contributed by atoms with Crippen LogP contribution in [0.25, 0.3) is 20.8 Å². The van der Waals surface area contributed by atoms with Gasteiger partial charge in [0, 0.05) is 11.1 Å². The second kappa shape index (κ2) is 6.73.